The molecule has 4 aromatic rings. The van der Waals surface area contributed by atoms with E-state index in [4.69, 9.17) is 4.42 Å². The highest BCUT2D eigenvalue weighted by Gasteiger charge is 2.23. The lowest BCUT2D eigenvalue weighted by atomic mass is 10.2. The number of thiophene rings is 1. The normalized spacial score (nSPS) is 14.8. The number of benzene rings is 1. The van der Waals surface area contributed by atoms with Gasteiger partial charge in [0.15, 0.2) is 5.76 Å². The standard InChI is InChI=1S/C22H21N5O3S/c1-26-5-7-27(8-6-26)22(29)20-11-15-10-16(2-3-19(15)30-20)23-21(28)18-12-17(24-25-18)14-4-9-31-13-14/h2-4,9-13H,5-8H2,1H3,(H,23,28)(H,24,25). The summed E-state index contributed by atoms with van der Waals surface area (Å²) in [6, 6.07) is 10.7. The van der Waals surface area contributed by atoms with Crippen molar-refractivity contribution in [3.8, 4) is 11.3 Å². The molecule has 0 spiro atoms. The predicted octanol–water partition coefficient (Wildman–Crippen LogP) is 3.52. The number of anilines is 1. The fourth-order valence-corrected chi connectivity index (χ4v) is 4.24. The van der Waals surface area contributed by atoms with Crippen LogP contribution in [0.25, 0.3) is 22.2 Å². The van der Waals surface area contributed by atoms with E-state index >= 15 is 0 Å². The fraction of sp³-hybridized carbons (Fsp3) is 0.227. The van der Waals surface area contributed by atoms with Gasteiger partial charge in [-0.2, -0.15) is 16.4 Å². The summed E-state index contributed by atoms with van der Waals surface area (Å²) < 4.78 is 5.77. The maximum atomic E-state index is 12.8. The third-order valence-corrected chi connectivity index (χ3v) is 6.10. The van der Waals surface area contributed by atoms with Crippen molar-refractivity contribution in [1.29, 1.82) is 0 Å². The quantitative estimate of drug-likeness (QED) is 0.511. The minimum absolute atomic E-state index is 0.103. The van der Waals surface area contributed by atoms with Crippen LogP contribution in [0.4, 0.5) is 5.69 Å². The van der Waals surface area contributed by atoms with Gasteiger partial charge >= 0.3 is 0 Å². The molecule has 1 saturated heterocycles. The lowest BCUT2D eigenvalue weighted by Crippen LogP contribution is -2.47. The van der Waals surface area contributed by atoms with Crippen LogP contribution in [0.15, 0.2) is 51.6 Å². The molecule has 1 aliphatic rings. The summed E-state index contributed by atoms with van der Waals surface area (Å²) in [5, 5.41) is 14.6. The van der Waals surface area contributed by atoms with E-state index in [-0.39, 0.29) is 11.8 Å². The van der Waals surface area contributed by atoms with Crippen molar-refractivity contribution in [3.05, 3.63) is 58.6 Å². The van der Waals surface area contributed by atoms with E-state index < -0.39 is 0 Å². The second-order valence-corrected chi connectivity index (χ2v) is 8.37. The molecule has 0 aliphatic carbocycles. The molecule has 0 atom stereocenters. The molecular weight excluding hydrogens is 414 g/mol. The zero-order valence-corrected chi connectivity index (χ0v) is 17.7. The van der Waals surface area contributed by atoms with Crippen molar-refractivity contribution in [2.24, 2.45) is 0 Å². The van der Waals surface area contributed by atoms with Crippen LogP contribution < -0.4 is 5.32 Å². The molecule has 158 valence electrons. The van der Waals surface area contributed by atoms with Gasteiger partial charge < -0.3 is 19.5 Å². The van der Waals surface area contributed by atoms with Gasteiger partial charge in [-0.25, -0.2) is 0 Å². The molecule has 31 heavy (non-hydrogen) atoms. The van der Waals surface area contributed by atoms with Gasteiger partial charge in [0.1, 0.15) is 11.3 Å². The number of carbonyl (C=O) groups is 2. The van der Waals surface area contributed by atoms with Crippen molar-refractivity contribution < 1.29 is 14.0 Å². The molecular formula is C22H21N5O3S. The first-order valence-electron chi connectivity index (χ1n) is 9.97. The molecule has 0 saturated carbocycles. The Bertz CT molecular complexity index is 1240. The number of hydrogen-bond donors (Lipinski definition) is 2. The van der Waals surface area contributed by atoms with E-state index in [9.17, 15) is 9.59 Å². The monoisotopic (exact) mass is 435 g/mol. The van der Waals surface area contributed by atoms with E-state index in [0.717, 1.165) is 29.7 Å². The molecule has 9 heteroatoms. The summed E-state index contributed by atoms with van der Waals surface area (Å²) >= 11 is 1.58. The molecule has 2 amide bonds. The highest BCUT2D eigenvalue weighted by Crippen LogP contribution is 2.25. The Morgan fingerprint density at radius 2 is 1.97 bits per heavy atom. The zero-order chi connectivity index (χ0) is 21.4. The Kier molecular flexibility index (Phi) is 5.05. The van der Waals surface area contributed by atoms with E-state index in [1.54, 1.807) is 41.7 Å². The molecule has 1 aliphatic heterocycles. The number of piperazine rings is 1. The van der Waals surface area contributed by atoms with Crippen molar-refractivity contribution in [3.63, 3.8) is 0 Å². The summed E-state index contributed by atoms with van der Waals surface area (Å²) in [6.45, 7) is 3.07. The molecule has 4 heterocycles. The second-order valence-electron chi connectivity index (χ2n) is 7.59. The Hall–Kier alpha value is -3.43. The van der Waals surface area contributed by atoms with Crippen LogP contribution in [0.5, 0.6) is 0 Å². The SMILES string of the molecule is CN1CCN(C(=O)c2cc3cc(NC(=O)c4cc(-c5ccsc5)n[nH]4)ccc3o2)CC1. The first-order valence-corrected chi connectivity index (χ1v) is 10.9. The van der Waals surface area contributed by atoms with Gasteiger partial charge in [0, 0.05) is 48.2 Å². The summed E-state index contributed by atoms with van der Waals surface area (Å²) in [7, 11) is 2.05. The van der Waals surface area contributed by atoms with Crippen LogP contribution in [0.1, 0.15) is 21.0 Å². The minimum Gasteiger partial charge on any atom is -0.451 e. The molecule has 5 rings (SSSR count). The molecule has 0 bridgehead atoms. The summed E-state index contributed by atoms with van der Waals surface area (Å²) in [5.74, 6) is -0.0733. The number of hydrogen-bond acceptors (Lipinski definition) is 6. The smallest absolute Gasteiger partial charge is 0.289 e. The number of furan rings is 1. The third kappa shape index (κ3) is 3.97. The first-order chi connectivity index (χ1) is 15.1. The number of nitrogens with zero attached hydrogens (tertiary/aromatic N) is 3. The van der Waals surface area contributed by atoms with Crippen molar-refractivity contribution in [1.82, 2.24) is 20.0 Å². The number of fused-ring (bicyclic) bond motifs is 1. The van der Waals surface area contributed by atoms with Gasteiger partial charge in [-0.3, -0.25) is 14.7 Å². The molecule has 8 nitrogen and oxygen atoms in total. The lowest BCUT2D eigenvalue weighted by molar-refractivity contribution is 0.0635. The average molecular weight is 436 g/mol. The number of carbonyl (C=O) groups excluding carboxylic acids is 2. The highest BCUT2D eigenvalue weighted by molar-refractivity contribution is 7.08. The lowest BCUT2D eigenvalue weighted by Gasteiger charge is -2.31. The van der Waals surface area contributed by atoms with Gasteiger partial charge in [-0.05, 0) is 48.8 Å². The van der Waals surface area contributed by atoms with Gasteiger partial charge in [0.05, 0.1) is 5.69 Å². The number of aromatic nitrogens is 2. The first kappa shape index (κ1) is 19.5. The highest BCUT2D eigenvalue weighted by atomic mass is 32.1. The Labute approximate surface area is 182 Å². The van der Waals surface area contributed by atoms with Gasteiger partial charge in [0.25, 0.3) is 11.8 Å². The maximum absolute atomic E-state index is 12.8. The topological polar surface area (TPSA) is 94.5 Å². The van der Waals surface area contributed by atoms with Gasteiger partial charge in [-0.15, -0.1) is 0 Å². The molecule has 0 unspecified atom stereocenters. The van der Waals surface area contributed by atoms with Crippen LogP contribution in [-0.2, 0) is 0 Å². The van der Waals surface area contributed by atoms with Crippen LogP contribution in [0.3, 0.4) is 0 Å². The number of rotatable bonds is 4. The molecule has 1 aromatic carbocycles. The van der Waals surface area contributed by atoms with Gasteiger partial charge in [0.2, 0.25) is 0 Å². The van der Waals surface area contributed by atoms with Gasteiger partial charge in [-0.1, -0.05) is 0 Å². The number of amides is 2. The van der Waals surface area contributed by atoms with Crippen LogP contribution >= 0.6 is 11.3 Å². The Morgan fingerprint density at radius 1 is 1.13 bits per heavy atom. The summed E-state index contributed by atoms with van der Waals surface area (Å²) in [4.78, 5) is 29.4. The Morgan fingerprint density at radius 3 is 2.74 bits per heavy atom. The predicted molar refractivity (Wildman–Crippen MR) is 119 cm³/mol. The van der Waals surface area contributed by atoms with E-state index in [2.05, 4.69) is 20.4 Å². The van der Waals surface area contributed by atoms with Crippen molar-refractivity contribution in [2.45, 2.75) is 0 Å². The molecule has 3 aromatic heterocycles. The third-order valence-electron chi connectivity index (χ3n) is 5.41. The molecule has 2 N–H and O–H groups in total. The minimum atomic E-state index is -0.287. The number of H-pyrrole nitrogens is 1. The Balaban J connectivity index is 1.31. The van der Waals surface area contributed by atoms with Crippen LogP contribution in [0.2, 0.25) is 0 Å². The molecule has 0 radical (unpaired) electrons. The molecule has 1 fully saturated rings. The largest absolute Gasteiger partial charge is 0.451 e. The number of likely N-dealkylation sites (N-methyl/N-ethyl adjacent to an activating group) is 1. The van der Waals surface area contributed by atoms with Crippen LogP contribution in [0, 0.1) is 0 Å². The summed E-state index contributed by atoms with van der Waals surface area (Å²) in [6.07, 6.45) is 0. The maximum Gasteiger partial charge on any atom is 0.289 e. The number of aromatic amines is 1. The van der Waals surface area contributed by atoms with Crippen molar-refractivity contribution in [2.75, 3.05) is 38.5 Å². The zero-order valence-electron chi connectivity index (χ0n) is 16.9. The van der Waals surface area contributed by atoms with E-state index in [0.29, 0.717) is 35.8 Å². The van der Waals surface area contributed by atoms with E-state index in [1.165, 1.54) is 0 Å². The van der Waals surface area contributed by atoms with Crippen molar-refractivity contribution >= 4 is 39.8 Å². The average Bonchev–Trinajstić information content (AvgIpc) is 3.53. The second kappa shape index (κ2) is 8.01. The van der Waals surface area contributed by atoms with E-state index in [1.807, 2.05) is 28.8 Å². The summed E-state index contributed by atoms with van der Waals surface area (Å²) in [5.41, 5.74) is 3.29. The van der Waals surface area contributed by atoms with Crippen LogP contribution in [-0.4, -0.2) is 65.0 Å². The fourth-order valence-electron chi connectivity index (χ4n) is 3.59. The number of nitrogens with one attached hydrogen (secondary N) is 2.